The van der Waals surface area contributed by atoms with Crippen LogP contribution in [0.5, 0.6) is 5.75 Å². The minimum atomic E-state index is -0.517. The summed E-state index contributed by atoms with van der Waals surface area (Å²) in [5.41, 5.74) is 4.27. The second-order valence-electron chi connectivity index (χ2n) is 8.31. The van der Waals surface area contributed by atoms with Crippen molar-refractivity contribution in [3.05, 3.63) is 95.7 Å². The monoisotopic (exact) mass is 662 g/mol. The van der Waals surface area contributed by atoms with Gasteiger partial charge in [0.15, 0.2) is 0 Å². The third-order valence-corrected chi connectivity index (χ3v) is 8.07. The number of nitrogens with one attached hydrogen (secondary N) is 1. The first kappa shape index (κ1) is 27.4. The number of halogens is 3. The predicted octanol–water partition coefficient (Wildman–Crippen LogP) is 7.74. The van der Waals surface area contributed by atoms with E-state index in [1.54, 1.807) is 30.3 Å². The molecule has 0 bridgehead atoms. The molecule has 0 saturated carbocycles. The van der Waals surface area contributed by atoms with Crippen molar-refractivity contribution >= 4 is 84.0 Å². The summed E-state index contributed by atoms with van der Waals surface area (Å²) < 4.78 is 7.26. The fourth-order valence-corrected chi connectivity index (χ4v) is 6.00. The summed E-state index contributed by atoms with van der Waals surface area (Å²) in [6.45, 7) is 3.84. The molecule has 1 N–H and O–H groups in total. The number of carbonyl (C=O) groups excluding carboxylic acids is 3. The Hall–Kier alpha value is -2.59. The first-order valence-electron chi connectivity index (χ1n) is 11.1. The van der Waals surface area contributed by atoms with Crippen LogP contribution in [0.15, 0.2) is 68.4 Å². The molecule has 1 heterocycles. The lowest BCUT2D eigenvalue weighted by atomic mass is 10.1. The lowest BCUT2D eigenvalue weighted by Gasteiger charge is -2.13. The van der Waals surface area contributed by atoms with Gasteiger partial charge in [-0.1, -0.05) is 35.9 Å². The Morgan fingerprint density at radius 2 is 1.76 bits per heavy atom. The van der Waals surface area contributed by atoms with Gasteiger partial charge in [-0.25, -0.2) is 0 Å². The van der Waals surface area contributed by atoms with Gasteiger partial charge in [-0.2, -0.15) is 0 Å². The molecule has 0 unspecified atom stereocenters. The number of hydrogen-bond donors (Lipinski definition) is 1. The number of ether oxygens (including phenoxy) is 1. The van der Waals surface area contributed by atoms with Crippen LogP contribution in [0.1, 0.15) is 22.3 Å². The van der Waals surface area contributed by atoms with Crippen LogP contribution >= 0.6 is 55.2 Å². The molecule has 1 aliphatic rings. The summed E-state index contributed by atoms with van der Waals surface area (Å²) in [5.74, 6) is -0.387. The Bertz CT molecular complexity index is 1420. The number of carbonyl (C=O) groups is 3. The van der Waals surface area contributed by atoms with Gasteiger partial charge < -0.3 is 10.1 Å². The van der Waals surface area contributed by atoms with Gasteiger partial charge in [-0.15, -0.1) is 0 Å². The van der Waals surface area contributed by atoms with Crippen LogP contribution in [0.25, 0.3) is 6.08 Å². The van der Waals surface area contributed by atoms with E-state index in [1.165, 1.54) is 0 Å². The predicted molar refractivity (Wildman–Crippen MR) is 155 cm³/mol. The van der Waals surface area contributed by atoms with Gasteiger partial charge >= 0.3 is 0 Å². The van der Waals surface area contributed by atoms with Crippen LogP contribution in [-0.2, 0) is 16.2 Å². The first-order chi connectivity index (χ1) is 17.6. The van der Waals surface area contributed by atoms with Crippen molar-refractivity contribution in [1.82, 2.24) is 4.90 Å². The SMILES string of the molecule is Cc1ccc(NC(=O)CN2C(=O)S/C(=C/c3cc(Br)c(OCc4ccccc4Cl)c(Br)c3)C2=O)cc1C. The smallest absolute Gasteiger partial charge is 0.294 e. The quantitative estimate of drug-likeness (QED) is 0.262. The number of hydrogen-bond acceptors (Lipinski definition) is 5. The van der Waals surface area contributed by atoms with Crippen molar-refractivity contribution in [3.8, 4) is 5.75 Å². The average Bonchev–Trinajstić information content (AvgIpc) is 3.09. The van der Waals surface area contributed by atoms with Crippen molar-refractivity contribution < 1.29 is 19.1 Å². The Morgan fingerprint density at radius 1 is 1.05 bits per heavy atom. The van der Waals surface area contributed by atoms with E-state index in [4.69, 9.17) is 16.3 Å². The molecule has 1 fully saturated rings. The summed E-state index contributed by atoms with van der Waals surface area (Å²) >= 11 is 14.0. The maximum absolute atomic E-state index is 12.9. The zero-order valence-electron chi connectivity index (χ0n) is 19.8. The van der Waals surface area contributed by atoms with Gasteiger partial charge in [0.1, 0.15) is 18.9 Å². The van der Waals surface area contributed by atoms with E-state index in [2.05, 4.69) is 37.2 Å². The maximum Gasteiger partial charge on any atom is 0.294 e. The van der Waals surface area contributed by atoms with Crippen molar-refractivity contribution in [3.63, 3.8) is 0 Å². The summed E-state index contributed by atoms with van der Waals surface area (Å²) in [6, 6.07) is 16.5. The number of amides is 3. The molecule has 3 aromatic rings. The molecule has 3 amide bonds. The van der Waals surface area contributed by atoms with E-state index in [0.29, 0.717) is 31.0 Å². The summed E-state index contributed by atoms with van der Waals surface area (Å²) in [4.78, 5) is 39.1. The van der Waals surface area contributed by atoms with E-state index in [0.717, 1.165) is 33.4 Å². The Balaban J connectivity index is 1.44. The average molecular weight is 665 g/mol. The summed E-state index contributed by atoms with van der Waals surface area (Å²) in [7, 11) is 0. The van der Waals surface area contributed by atoms with Crippen LogP contribution in [0.3, 0.4) is 0 Å². The molecule has 0 aromatic heterocycles. The Kier molecular flexibility index (Phi) is 8.79. The van der Waals surface area contributed by atoms with Crippen molar-refractivity contribution in [1.29, 1.82) is 0 Å². The van der Waals surface area contributed by atoms with Crippen molar-refractivity contribution in [2.45, 2.75) is 20.5 Å². The highest BCUT2D eigenvalue weighted by molar-refractivity contribution is 9.11. The number of aryl methyl sites for hydroxylation is 2. The fourth-order valence-electron chi connectivity index (χ4n) is 3.52. The largest absolute Gasteiger partial charge is 0.486 e. The lowest BCUT2D eigenvalue weighted by molar-refractivity contribution is -0.127. The first-order valence-corrected chi connectivity index (χ1v) is 13.9. The minimum Gasteiger partial charge on any atom is -0.486 e. The lowest BCUT2D eigenvalue weighted by Crippen LogP contribution is -2.36. The van der Waals surface area contributed by atoms with Gasteiger partial charge in [0.25, 0.3) is 11.1 Å². The second-order valence-corrected chi connectivity index (χ2v) is 11.4. The van der Waals surface area contributed by atoms with Gasteiger partial charge in [0, 0.05) is 16.3 Å². The summed E-state index contributed by atoms with van der Waals surface area (Å²) in [5, 5.41) is 2.86. The number of thioether (sulfide) groups is 1. The molecule has 0 aliphatic carbocycles. The van der Waals surface area contributed by atoms with Gasteiger partial charge in [-0.05, 0) is 111 Å². The van der Waals surface area contributed by atoms with Gasteiger partial charge in [0.2, 0.25) is 5.91 Å². The highest BCUT2D eigenvalue weighted by atomic mass is 79.9. The molecule has 190 valence electrons. The number of anilines is 1. The molecule has 0 atom stereocenters. The van der Waals surface area contributed by atoms with Crippen LogP contribution in [0, 0.1) is 13.8 Å². The van der Waals surface area contributed by atoms with E-state index in [-0.39, 0.29) is 18.1 Å². The molecular formula is C27H21Br2ClN2O4S. The van der Waals surface area contributed by atoms with Gasteiger partial charge in [-0.3, -0.25) is 19.3 Å². The number of benzene rings is 3. The molecule has 6 nitrogen and oxygen atoms in total. The third kappa shape index (κ3) is 6.65. The van der Waals surface area contributed by atoms with E-state index < -0.39 is 17.1 Å². The van der Waals surface area contributed by atoms with Gasteiger partial charge in [0.05, 0.1) is 13.9 Å². The molecular weight excluding hydrogens is 644 g/mol. The minimum absolute atomic E-state index is 0.229. The van der Waals surface area contributed by atoms with Crippen LogP contribution in [-0.4, -0.2) is 28.5 Å². The number of nitrogens with zero attached hydrogens (tertiary/aromatic N) is 1. The molecule has 1 aliphatic heterocycles. The molecule has 10 heteroatoms. The van der Waals surface area contributed by atoms with Crippen LogP contribution in [0.4, 0.5) is 10.5 Å². The molecule has 0 spiro atoms. The molecule has 1 saturated heterocycles. The highest BCUT2D eigenvalue weighted by Gasteiger charge is 2.36. The molecule has 37 heavy (non-hydrogen) atoms. The molecule has 3 aromatic carbocycles. The summed E-state index contributed by atoms with van der Waals surface area (Å²) in [6.07, 6.45) is 1.61. The molecule has 4 rings (SSSR count). The fraction of sp³-hybridized carbons (Fsp3) is 0.148. The van der Waals surface area contributed by atoms with E-state index >= 15 is 0 Å². The van der Waals surface area contributed by atoms with Crippen LogP contribution in [0.2, 0.25) is 5.02 Å². The number of imide groups is 1. The van der Waals surface area contributed by atoms with Crippen LogP contribution < -0.4 is 10.1 Å². The topological polar surface area (TPSA) is 75.7 Å². The van der Waals surface area contributed by atoms with E-state index in [1.807, 2.05) is 44.2 Å². The third-order valence-electron chi connectivity index (χ3n) is 5.61. The Labute approximate surface area is 240 Å². The van der Waals surface area contributed by atoms with Crippen molar-refractivity contribution in [2.75, 3.05) is 11.9 Å². The van der Waals surface area contributed by atoms with E-state index in [9.17, 15) is 14.4 Å². The normalized spacial score (nSPS) is 14.4. The highest BCUT2D eigenvalue weighted by Crippen LogP contribution is 2.38. The Morgan fingerprint density at radius 3 is 2.43 bits per heavy atom. The standard InChI is InChI=1S/C27H21Br2ClN2O4S/c1-15-7-8-19(9-16(15)2)31-24(33)13-32-26(34)23(37-27(32)35)12-17-10-20(28)25(21(29)11-17)36-14-18-5-3-4-6-22(18)30/h3-12H,13-14H2,1-2H3,(H,31,33)/b23-12+. The number of rotatable bonds is 7. The maximum atomic E-state index is 12.9. The second kappa shape index (κ2) is 11.9. The zero-order valence-corrected chi connectivity index (χ0v) is 24.6. The molecule has 0 radical (unpaired) electrons. The zero-order chi connectivity index (χ0) is 26.7. The van der Waals surface area contributed by atoms with Crippen molar-refractivity contribution in [2.24, 2.45) is 0 Å².